The quantitative estimate of drug-likeness (QED) is 0.552. The summed E-state index contributed by atoms with van der Waals surface area (Å²) in [5.74, 6) is 0.504. The summed E-state index contributed by atoms with van der Waals surface area (Å²) in [6.45, 7) is 5.04. The molecule has 146 valence electrons. The van der Waals surface area contributed by atoms with Crippen LogP contribution in [0.1, 0.15) is 21.7 Å². The second kappa shape index (κ2) is 6.48. The monoisotopic (exact) mass is 387 g/mol. The van der Waals surface area contributed by atoms with E-state index in [0.717, 1.165) is 44.7 Å². The van der Waals surface area contributed by atoms with Gasteiger partial charge >= 0.3 is 0 Å². The highest BCUT2D eigenvalue weighted by molar-refractivity contribution is 6.00. The summed E-state index contributed by atoms with van der Waals surface area (Å²) in [5.41, 5.74) is 7.59. The number of hydrogen-bond acceptors (Lipinski definition) is 4. The van der Waals surface area contributed by atoms with Crippen LogP contribution in [0.2, 0.25) is 0 Å². The molecule has 4 heterocycles. The van der Waals surface area contributed by atoms with E-state index in [4.69, 9.17) is 4.74 Å². The number of nitrogens with one attached hydrogen (secondary N) is 2. The molecule has 4 aromatic rings. The lowest BCUT2D eigenvalue weighted by Crippen LogP contribution is -2.24. The number of carbonyl (C=O) groups is 1. The van der Waals surface area contributed by atoms with Gasteiger partial charge in [-0.25, -0.2) is 4.98 Å². The van der Waals surface area contributed by atoms with Gasteiger partial charge in [-0.3, -0.25) is 9.48 Å². The summed E-state index contributed by atoms with van der Waals surface area (Å²) >= 11 is 0. The van der Waals surface area contributed by atoms with E-state index in [1.165, 1.54) is 0 Å². The Bertz CT molecular complexity index is 1270. The molecule has 0 radical (unpaired) electrons. The van der Waals surface area contributed by atoms with E-state index in [0.29, 0.717) is 24.5 Å². The molecule has 0 aliphatic carbocycles. The maximum absolute atomic E-state index is 12.2. The number of amides is 1. The van der Waals surface area contributed by atoms with Gasteiger partial charge in [-0.15, -0.1) is 0 Å². The Morgan fingerprint density at radius 2 is 2.00 bits per heavy atom. The van der Waals surface area contributed by atoms with Crippen LogP contribution in [0.15, 0.2) is 36.7 Å². The lowest BCUT2D eigenvalue weighted by atomic mass is 10.00. The first-order chi connectivity index (χ1) is 14.0. The highest BCUT2D eigenvalue weighted by atomic mass is 16.5. The second-order valence-electron chi connectivity index (χ2n) is 7.31. The van der Waals surface area contributed by atoms with Crippen molar-refractivity contribution in [2.45, 2.75) is 13.8 Å². The van der Waals surface area contributed by atoms with Gasteiger partial charge in [0.2, 0.25) is 0 Å². The Hall–Kier alpha value is -3.61. The van der Waals surface area contributed by atoms with Gasteiger partial charge in [-0.05, 0) is 37.6 Å². The molecule has 1 aliphatic heterocycles. The van der Waals surface area contributed by atoms with E-state index in [2.05, 4.69) is 33.4 Å². The third-order valence-electron chi connectivity index (χ3n) is 5.51. The summed E-state index contributed by atoms with van der Waals surface area (Å²) < 4.78 is 7.67. The van der Waals surface area contributed by atoms with Gasteiger partial charge < -0.3 is 15.0 Å². The molecule has 0 bridgehead atoms. The van der Waals surface area contributed by atoms with Crippen molar-refractivity contribution in [2.24, 2.45) is 7.05 Å². The van der Waals surface area contributed by atoms with Crippen LogP contribution in [0.25, 0.3) is 33.3 Å². The number of ether oxygens (including phenoxy) is 1. The van der Waals surface area contributed by atoms with Gasteiger partial charge in [0.1, 0.15) is 18.0 Å². The largest absolute Gasteiger partial charge is 0.491 e. The van der Waals surface area contributed by atoms with E-state index in [-0.39, 0.29) is 5.91 Å². The van der Waals surface area contributed by atoms with Crippen LogP contribution in [-0.2, 0) is 7.05 Å². The molecule has 3 aromatic heterocycles. The van der Waals surface area contributed by atoms with Gasteiger partial charge in [-0.1, -0.05) is 6.07 Å². The van der Waals surface area contributed by atoms with E-state index in [1.54, 1.807) is 0 Å². The molecule has 1 amide bonds. The third-order valence-corrected chi connectivity index (χ3v) is 5.51. The van der Waals surface area contributed by atoms with Gasteiger partial charge in [0.25, 0.3) is 5.91 Å². The number of nitrogens with zero attached hydrogens (tertiary/aromatic N) is 3. The van der Waals surface area contributed by atoms with Gasteiger partial charge in [0, 0.05) is 47.2 Å². The summed E-state index contributed by atoms with van der Waals surface area (Å²) in [7, 11) is 1.95. The lowest BCUT2D eigenvalue weighted by molar-refractivity contribution is 0.0957. The average Bonchev–Trinajstić information content (AvgIpc) is 3.17. The van der Waals surface area contributed by atoms with Crippen molar-refractivity contribution >= 4 is 16.9 Å². The lowest BCUT2D eigenvalue weighted by Gasteiger charge is -2.08. The van der Waals surface area contributed by atoms with Crippen LogP contribution in [0.3, 0.4) is 0 Å². The third kappa shape index (κ3) is 2.77. The number of carbonyl (C=O) groups excluding carboxylic acids is 1. The molecule has 0 unspecified atom stereocenters. The van der Waals surface area contributed by atoms with Crippen molar-refractivity contribution in [3.63, 3.8) is 0 Å². The molecular formula is C22H21N5O2. The van der Waals surface area contributed by atoms with Crippen LogP contribution in [0.4, 0.5) is 0 Å². The predicted octanol–water partition coefficient (Wildman–Crippen LogP) is 3.37. The number of hydrogen-bond donors (Lipinski definition) is 2. The number of benzene rings is 1. The van der Waals surface area contributed by atoms with Crippen molar-refractivity contribution in [2.75, 3.05) is 13.2 Å². The fourth-order valence-corrected chi connectivity index (χ4v) is 3.99. The molecule has 0 saturated heterocycles. The van der Waals surface area contributed by atoms with Gasteiger partial charge in [-0.2, -0.15) is 5.10 Å². The van der Waals surface area contributed by atoms with Crippen molar-refractivity contribution in [1.82, 2.24) is 25.1 Å². The SMILES string of the molecule is Cc1nn(C)c(C)c1-c1cnc2[nH]cc(-c3ccc4c(c3)OCCNC4=O)c2c1. The zero-order chi connectivity index (χ0) is 20.1. The standard InChI is InChI=1S/C22H21N5O2/c1-12-20(13(2)27(3)26-12)15-8-17-18(11-25-21(17)24-10-15)14-4-5-16-19(9-14)29-7-6-23-22(16)28/h4-5,8-11H,6-7H2,1-3H3,(H,23,28)(H,24,25). The molecule has 0 atom stereocenters. The molecule has 1 aliphatic rings. The normalized spacial score (nSPS) is 13.7. The molecule has 7 nitrogen and oxygen atoms in total. The van der Waals surface area contributed by atoms with Crippen molar-refractivity contribution < 1.29 is 9.53 Å². The molecule has 5 rings (SSSR count). The minimum absolute atomic E-state index is 0.102. The first kappa shape index (κ1) is 17.5. The number of pyridine rings is 1. The highest BCUT2D eigenvalue weighted by Gasteiger charge is 2.19. The Labute approximate surface area is 167 Å². The Balaban J connectivity index is 1.65. The maximum Gasteiger partial charge on any atom is 0.255 e. The fraction of sp³-hybridized carbons (Fsp3) is 0.227. The molecule has 0 fully saturated rings. The topological polar surface area (TPSA) is 84.8 Å². The number of fused-ring (bicyclic) bond motifs is 2. The van der Waals surface area contributed by atoms with E-state index in [1.807, 2.05) is 49.2 Å². The first-order valence-electron chi connectivity index (χ1n) is 9.56. The van der Waals surface area contributed by atoms with Crippen LogP contribution < -0.4 is 10.1 Å². The molecular weight excluding hydrogens is 366 g/mol. The predicted molar refractivity (Wildman–Crippen MR) is 111 cm³/mol. The van der Waals surface area contributed by atoms with E-state index >= 15 is 0 Å². The van der Waals surface area contributed by atoms with Gasteiger partial charge in [0.05, 0.1) is 17.8 Å². The summed E-state index contributed by atoms with van der Waals surface area (Å²) in [4.78, 5) is 20.0. The first-order valence-corrected chi connectivity index (χ1v) is 9.56. The minimum Gasteiger partial charge on any atom is -0.491 e. The molecule has 7 heteroatoms. The summed E-state index contributed by atoms with van der Waals surface area (Å²) in [5, 5.41) is 8.38. The van der Waals surface area contributed by atoms with Crippen molar-refractivity contribution in [3.05, 3.63) is 53.6 Å². The minimum atomic E-state index is -0.102. The Morgan fingerprint density at radius 3 is 2.79 bits per heavy atom. The van der Waals surface area contributed by atoms with Crippen molar-refractivity contribution in [1.29, 1.82) is 0 Å². The molecule has 0 spiro atoms. The maximum atomic E-state index is 12.2. The number of aryl methyl sites for hydroxylation is 2. The Morgan fingerprint density at radius 1 is 1.14 bits per heavy atom. The van der Waals surface area contributed by atoms with Crippen molar-refractivity contribution in [3.8, 4) is 28.0 Å². The number of aromatic nitrogens is 4. The van der Waals surface area contributed by atoms with Crippen LogP contribution in [-0.4, -0.2) is 38.8 Å². The molecule has 1 aromatic carbocycles. The second-order valence-corrected chi connectivity index (χ2v) is 7.31. The van der Waals surface area contributed by atoms with E-state index < -0.39 is 0 Å². The number of rotatable bonds is 2. The van der Waals surface area contributed by atoms with E-state index in [9.17, 15) is 4.79 Å². The highest BCUT2D eigenvalue weighted by Crippen LogP contribution is 2.35. The smallest absolute Gasteiger partial charge is 0.255 e. The molecule has 0 saturated carbocycles. The Kier molecular flexibility index (Phi) is 3.91. The van der Waals surface area contributed by atoms with Crippen LogP contribution in [0.5, 0.6) is 5.75 Å². The molecule has 29 heavy (non-hydrogen) atoms. The van der Waals surface area contributed by atoms with Gasteiger partial charge in [0.15, 0.2) is 0 Å². The number of aromatic amines is 1. The van der Waals surface area contributed by atoms with Crippen LogP contribution in [0, 0.1) is 13.8 Å². The zero-order valence-electron chi connectivity index (χ0n) is 16.5. The van der Waals surface area contributed by atoms with Crippen LogP contribution >= 0.6 is 0 Å². The molecule has 2 N–H and O–H groups in total. The number of H-pyrrole nitrogens is 1. The average molecular weight is 387 g/mol. The summed E-state index contributed by atoms with van der Waals surface area (Å²) in [6.07, 6.45) is 3.83. The summed E-state index contributed by atoms with van der Waals surface area (Å²) in [6, 6.07) is 7.83. The fourth-order valence-electron chi connectivity index (χ4n) is 3.99. The zero-order valence-corrected chi connectivity index (χ0v) is 16.5.